The van der Waals surface area contributed by atoms with Crippen LogP contribution in [0.2, 0.25) is 5.02 Å². The quantitative estimate of drug-likeness (QED) is 0.00744. The number of nitrogens with zero attached hydrogens (tertiary/aromatic N) is 5. The molecular weight excluding hydrogens is 1870 g/mol. The number of nitrogen functional groups attached to an aromatic ring is 2. The van der Waals surface area contributed by atoms with Crippen molar-refractivity contribution < 1.29 is 97.6 Å². The maximum absolute atomic E-state index is 12.8. The Bertz CT molecular complexity index is 6880. The molecule has 15 aromatic rings. The molecule has 740 valence electrons. The second-order valence-electron chi connectivity index (χ2n) is 30.8. The molecule has 0 aliphatic rings. The summed E-state index contributed by atoms with van der Waals surface area (Å²) in [5.74, 6) is 6.26. The molecule has 0 atom stereocenters. The number of benzene rings is 10. The van der Waals surface area contributed by atoms with E-state index >= 15 is 0 Å². The lowest BCUT2D eigenvalue weighted by molar-refractivity contribution is 0.103. The van der Waals surface area contributed by atoms with Gasteiger partial charge in [-0.1, -0.05) is 11.6 Å². The Balaban J connectivity index is 0.000000173. The van der Waals surface area contributed by atoms with Gasteiger partial charge >= 0.3 is 0 Å². The molecule has 0 saturated carbocycles. The average Bonchev–Trinajstić information content (AvgIpc) is 0.818. The molecule has 0 amide bonds. The molecular formula is C112H105ClN12O20. The zero-order valence-electron chi connectivity index (χ0n) is 79.9. The third-order valence-electron chi connectivity index (χ3n) is 21.3. The highest BCUT2D eigenvalue weighted by atomic mass is 35.5. The van der Waals surface area contributed by atoms with Crippen molar-refractivity contribution in [2.45, 2.75) is 26.4 Å². The van der Waals surface area contributed by atoms with Gasteiger partial charge in [-0.2, -0.15) is 0 Å². The lowest BCUT2D eigenvalue weighted by Gasteiger charge is -2.15. The number of allylic oxidation sites excluding steroid dienone is 5. The molecule has 5 heterocycles. The lowest BCUT2D eigenvalue weighted by atomic mass is 10.1. The van der Waals surface area contributed by atoms with Crippen molar-refractivity contribution in [3.8, 4) is 63.2 Å². The third-order valence-corrected chi connectivity index (χ3v) is 21.6. The molecule has 15 rings (SSSR count). The van der Waals surface area contributed by atoms with Crippen LogP contribution in [0.5, 0.6) is 63.2 Å². The molecule has 0 aliphatic carbocycles. The zero-order valence-corrected chi connectivity index (χ0v) is 80.7. The number of aliphatic hydroxyl groups excluding tert-OH is 4. The molecule has 145 heavy (non-hydrogen) atoms. The van der Waals surface area contributed by atoms with Gasteiger partial charge in [0.15, 0.2) is 51.9 Å². The number of phenols is 3. The number of rotatable bonds is 37. The zero-order chi connectivity index (χ0) is 104. The normalized spacial score (nSPS) is 10.8. The molecule has 10 aromatic carbocycles. The summed E-state index contributed by atoms with van der Waals surface area (Å²) in [6.07, 6.45) is 24.0. The Morgan fingerprint density at radius 3 is 0.876 bits per heavy atom. The van der Waals surface area contributed by atoms with Crippen molar-refractivity contribution in [2.75, 3.05) is 94.9 Å². The average molecular weight is 1970 g/mol. The number of phenolic OH excluding ortho intramolecular Hbond substituents is 3. The minimum absolute atomic E-state index is 0.152. The van der Waals surface area contributed by atoms with Gasteiger partial charge in [-0.15, -0.1) is 0 Å². The minimum Gasteiger partial charge on any atom is -0.508 e. The molecule has 0 fully saturated rings. The Morgan fingerprint density at radius 1 is 0.290 bits per heavy atom. The number of ether oxygens (including phenoxy) is 8. The number of anilines is 12. The van der Waals surface area contributed by atoms with Crippen LogP contribution in [-0.4, -0.2) is 146 Å². The number of carbonyl (C=O) groups excluding carboxylic acids is 5. The van der Waals surface area contributed by atoms with Crippen LogP contribution in [-0.2, 0) is 26.4 Å². The van der Waals surface area contributed by atoms with Crippen LogP contribution in [0.1, 0.15) is 102 Å². The van der Waals surface area contributed by atoms with Gasteiger partial charge < -0.3 is 112 Å². The first kappa shape index (κ1) is 107. The van der Waals surface area contributed by atoms with Crippen molar-refractivity contribution in [3.63, 3.8) is 0 Å². The first-order valence-corrected chi connectivity index (χ1v) is 44.7. The summed E-state index contributed by atoms with van der Waals surface area (Å²) in [6, 6.07) is 71.4. The number of aromatic nitrogens is 5. The Kier molecular flexibility index (Phi) is 40.0. The summed E-state index contributed by atoms with van der Waals surface area (Å²) in [4.78, 5) is 84.2. The molecule has 16 N–H and O–H groups in total. The van der Waals surface area contributed by atoms with Crippen LogP contribution in [0.25, 0.3) is 30.4 Å². The number of hydrogen-bond donors (Lipinski definition) is 14. The summed E-state index contributed by atoms with van der Waals surface area (Å²) in [5, 5.41) is 83.0. The van der Waals surface area contributed by atoms with E-state index in [4.69, 9.17) is 61.0 Å². The fraction of sp³-hybridized carbons (Fsp3) is 0.107. The number of pyridine rings is 5. The highest BCUT2D eigenvalue weighted by molar-refractivity contribution is 6.30. The number of carbonyl (C=O) groups is 5. The molecule has 0 unspecified atom stereocenters. The van der Waals surface area contributed by atoms with Gasteiger partial charge in [-0.3, -0.25) is 24.0 Å². The predicted octanol–water partition coefficient (Wildman–Crippen LogP) is 20.6. The molecule has 0 aliphatic heterocycles. The topological polar surface area (TPSA) is 477 Å². The fourth-order valence-electron chi connectivity index (χ4n) is 13.8. The fourth-order valence-corrected chi connectivity index (χ4v) is 14.0. The van der Waals surface area contributed by atoms with Crippen LogP contribution in [0.15, 0.2) is 316 Å². The van der Waals surface area contributed by atoms with Crippen molar-refractivity contribution in [1.82, 2.24) is 24.9 Å². The molecule has 0 radical (unpaired) electrons. The van der Waals surface area contributed by atoms with Gasteiger partial charge in [0.2, 0.25) is 5.75 Å². The molecule has 33 heteroatoms. The summed E-state index contributed by atoms with van der Waals surface area (Å²) in [6.45, 7) is -0.979. The first-order valence-electron chi connectivity index (χ1n) is 44.3. The number of aliphatic hydroxyl groups is 4. The SMILES string of the molecule is COc1cc(C(=O)/C=C/c2cccnc2Nc2ccc(O)cc2)cc(OC)c1OC.COc1cc(Nc2ncccc2/C=C/C(=O)c2ccc(Cl)cc2)cc(CO)c1CO.COc1cc(Nc2ncccc2/C=C/C(=O)c2ccc(N)cc2)cc(CO)c1CO.COc1ccc(C(=O)/C=C/c2cccnc2Nc2ccc(O)cc2)cc1N.COc1ccc(C(=O)/C=C/c2cccnc2Nc2ccc(O)cc2)cc1OC. The van der Waals surface area contributed by atoms with E-state index in [1.807, 2.05) is 30.3 Å². The van der Waals surface area contributed by atoms with Crippen molar-refractivity contribution in [1.29, 1.82) is 0 Å². The molecule has 32 nitrogen and oxygen atoms in total. The molecule has 0 bridgehead atoms. The first-order chi connectivity index (χ1) is 70.3. The molecule has 0 spiro atoms. The number of methoxy groups -OCH3 is 8. The maximum atomic E-state index is 12.8. The summed E-state index contributed by atoms with van der Waals surface area (Å²) in [7, 11) is 12.1. The van der Waals surface area contributed by atoms with Gasteiger partial charge in [-0.05, 0) is 315 Å². The molecule has 5 aromatic heterocycles. The molecule has 0 saturated heterocycles. The minimum atomic E-state index is -0.246. The van der Waals surface area contributed by atoms with E-state index in [0.717, 1.165) is 33.8 Å². The standard InChI is InChI=1S/C23H21ClN2O4.C23H23N3O4.C23H22N2O5.C22H20N2O4.C21H19N3O3/c2*1-30-22-12-19(11-17(13-27)20(22)14-28)26-23-16(3-2-10-25-23)6-9-21(29)15-4-7-18(24)8-5-15;1-28-20-13-16(14-21(29-2)22(20)30-3)19(27)11-6-15-5-4-12-24-23(15)25-17-7-9-18(26)10-8-17;1-27-20-12-6-16(14-21(20)28-2)19(26)11-5-15-4-3-13-23-22(15)24-17-7-9-18(25)10-8-17;1-27-20-11-5-15(13-18(20)22)19(26)10-4-14-3-2-12-23-21(14)24-16-6-8-17(25)9-7-16/h2-12,27-28H,13-14H2,1H3,(H,25,26);2-12,27-28H,13-14,24H2,1H3,(H,25,26);4-14,26H,1-3H3,(H,24,25);3-14,25H,1-2H3,(H,23,24);2-13,25H,22H2,1H3,(H,23,24)/b2*9-6+;11-6+;11-5+;10-4+. The van der Waals surface area contributed by atoms with Crippen molar-refractivity contribution in [3.05, 3.63) is 399 Å². The van der Waals surface area contributed by atoms with Gasteiger partial charge in [-0.25, -0.2) is 24.9 Å². The van der Waals surface area contributed by atoms with Crippen LogP contribution >= 0.6 is 11.6 Å². The number of hydrogen-bond acceptors (Lipinski definition) is 32. The summed E-state index contributed by atoms with van der Waals surface area (Å²) in [5.41, 5.74) is 24.3. The van der Waals surface area contributed by atoms with E-state index in [0.29, 0.717) is 164 Å². The van der Waals surface area contributed by atoms with E-state index in [1.165, 1.54) is 80.1 Å². The highest BCUT2D eigenvalue weighted by Gasteiger charge is 2.20. The number of ketones is 5. The second kappa shape index (κ2) is 54.2. The van der Waals surface area contributed by atoms with Crippen LogP contribution in [0, 0.1) is 0 Å². The predicted molar refractivity (Wildman–Crippen MR) is 564 cm³/mol. The van der Waals surface area contributed by atoms with Crippen LogP contribution in [0.3, 0.4) is 0 Å². The van der Waals surface area contributed by atoms with Gasteiger partial charge in [0.1, 0.15) is 63.6 Å². The number of nitrogens with two attached hydrogens (primary N) is 2. The monoisotopic (exact) mass is 1970 g/mol. The van der Waals surface area contributed by atoms with E-state index in [1.54, 1.807) is 293 Å². The Hall–Kier alpha value is -18.5. The third kappa shape index (κ3) is 30.8. The summed E-state index contributed by atoms with van der Waals surface area (Å²) >= 11 is 5.86. The Morgan fingerprint density at radius 2 is 0.572 bits per heavy atom. The van der Waals surface area contributed by atoms with E-state index < -0.39 is 0 Å². The lowest BCUT2D eigenvalue weighted by Crippen LogP contribution is -2.03. The number of nitrogens with one attached hydrogen (secondary N) is 5. The number of halogens is 1. The Labute approximate surface area is 841 Å². The van der Waals surface area contributed by atoms with Crippen LogP contribution in [0.4, 0.5) is 68.9 Å². The van der Waals surface area contributed by atoms with Gasteiger partial charge in [0.05, 0.1) is 89.0 Å². The van der Waals surface area contributed by atoms with Crippen molar-refractivity contribution >= 4 is 140 Å². The van der Waals surface area contributed by atoms with Crippen LogP contribution < -0.4 is 75.9 Å². The maximum Gasteiger partial charge on any atom is 0.203 e. The second-order valence-corrected chi connectivity index (χ2v) is 31.2. The largest absolute Gasteiger partial charge is 0.508 e. The van der Waals surface area contributed by atoms with E-state index in [-0.39, 0.29) is 72.6 Å². The van der Waals surface area contributed by atoms with Gasteiger partial charge in [0, 0.05) is 149 Å². The summed E-state index contributed by atoms with van der Waals surface area (Å²) < 4.78 is 42.1. The van der Waals surface area contributed by atoms with E-state index in [9.17, 15) is 59.7 Å². The van der Waals surface area contributed by atoms with Gasteiger partial charge in [0.25, 0.3) is 0 Å². The highest BCUT2D eigenvalue weighted by Crippen LogP contribution is 2.40. The number of aromatic hydroxyl groups is 3. The van der Waals surface area contributed by atoms with E-state index in [2.05, 4.69) is 51.5 Å². The smallest absolute Gasteiger partial charge is 0.203 e. The van der Waals surface area contributed by atoms with Crippen molar-refractivity contribution in [2.24, 2.45) is 0 Å².